The summed E-state index contributed by atoms with van der Waals surface area (Å²) in [5.74, 6) is 0.206. The predicted molar refractivity (Wildman–Crippen MR) is 130 cm³/mol. The fraction of sp³-hybridized carbons (Fsp3) is 0.286. The predicted octanol–water partition coefficient (Wildman–Crippen LogP) is 5.61. The Kier molecular flexibility index (Phi) is 8.20. The van der Waals surface area contributed by atoms with E-state index in [-0.39, 0.29) is 11.8 Å². The fourth-order valence-corrected chi connectivity index (χ4v) is 3.59. The van der Waals surface area contributed by atoms with Crippen LogP contribution < -0.4 is 5.32 Å². The van der Waals surface area contributed by atoms with E-state index in [1.165, 1.54) is 0 Å². The Bertz CT molecular complexity index is 999. The summed E-state index contributed by atoms with van der Waals surface area (Å²) in [6.45, 7) is 4.66. The van der Waals surface area contributed by atoms with Gasteiger partial charge in [0, 0.05) is 20.0 Å². The van der Waals surface area contributed by atoms with Crippen LogP contribution in [0.2, 0.25) is 0 Å². The molecule has 3 rings (SSSR count). The van der Waals surface area contributed by atoms with Crippen LogP contribution in [0.1, 0.15) is 43.9 Å². The van der Waals surface area contributed by atoms with Gasteiger partial charge in [-0.15, -0.1) is 0 Å². The van der Waals surface area contributed by atoms with Gasteiger partial charge in [-0.2, -0.15) is 0 Å². The average molecular weight is 429 g/mol. The van der Waals surface area contributed by atoms with Gasteiger partial charge in [-0.1, -0.05) is 98.8 Å². The number of likely N-dealkylation sites (N-methyl/N-ethyl adjacent to an activating group) is 1. The smallest absolute Gasteiger partial charge is 0.249 e. The number of carbonyl (C=O) groups is 2. The first-order valence-electron chi connectivity index (χ1n) is 11.2. The van der Waals surface area contributed by atoms with E-state index in [0.717, 1.165) is 28.7 Å². The van der Waals surface area contributed by atoms with E-state index in [9.17, 15) is 9.59 Å². The number of amides is 2. The molecule has 0 aliphatic carbocycles. The molecule has 0 spiro atoms. The van der Waals surface area contributed by atoms with Crippen molar-refractivity contribution >= 4 is 11.8 Å². The maximum Gasteiger partial charge on any atom is 0.249 e. The minimum atomic E-state index is -0.715. The maximum atomic E-state index is 13.4. The summed E-state index contributed by atoms with van der Waals surface area (Å²) in [5.41, 5.74) is 4.02. The highest BCUT2D eigenvalue weighted by Gasteiger charge is 2.26. The molecule has 1 N–H and O–H groups in total. The molecule has 32 heavy (non-hydrogen) atoms. The van der Waals surface area contributed by atoms with Crippen LogP contribution in [0.15, 0.2) is 84.9 Å². The van der Waals surface area contributed by atoms with E-state index in [1.807, 2.05) is 72.8 Å². The molecule has 4 heteroatoms. The van der Waals surface area contributed by atoms with Crippen LogP contribution >= 0.6 is 0 Å². The first-order valence-corrected chi connectivity index (χ1v) is 11.2. The zero-order chi connectivity index (χ0) is 22.9. The van der Waals surface area contributed by atoms with Crippen molar-refractivity contribution in [2.75, 3.05) is 7.05 Å². The van der Waals surface area contributed by atoms with Crippen molar-refractivity contribution in [3.63, 3.8) is 0 Å². The highest BCUT2D eigenvalue weighted by molar-refractivity contribution is 5.88. The van der Waals surface area contributed by atoms with Crippen molar-refractivity contribution in [1.82, 2.24) is 10.2 Å². The molecule has 0 aliphatic rings. The topological polar surface area (TPSA) is 49.4 Å². The summed E-state index contributed by atoms with van der Waals surface area (Å²) >= 11 is 0. The van der Waals surface area contributed by atoms with E-state index in [1.54, 1.807) is 11.9 Å². The molecule has 0 heterocycles. The Morgan fingerprint density at radius 1 is 0.812 bits per heavy atom. The van der Waals surface area contributed by atoms with Crippen LogP contribution in [0, 0.1) is 5.92 Å². The minimum Gasteiger partial charge on any atom is -0.341 e. The SMILES string of the molecule is CC(C)CCC(=O)N[C@@H](C(=O)N(C)Cc1ccccc1)c1ccc(-c2ccccc2)cc1. The first-order chi connectivity index (χ1) is 15.4. The van der Waals surface area contributed by atoms with Gasteiger partial charge in [0.25, 0.3) is 0 Å². The van der Waals surface area contributed by atoms with Crippen LogP contribution in [-0.2, 0) is 16.1 Å². The molecule has 0 aliphatic heterocycles. The van der Waals surface area contributed by atoms with Crippen LogP contribution in [0.3, 0.4) is 0 Å². The summed E-state index contributed by atoms with van der Waals surface area (Å²) in [6.07, 6.45) is 1.20. The first kappa shape index (κ1) is 23.3. The Labute approximate surface area is 191 Å². The van der Waals surface area contributed by atoms with Crippen molar-refractivity contribution in [1.29, 1.82) is 0 Å². The number of hydrogen-bond acceptors (Lipinski definition) is 2. The molecule has 0 saturated heterocycles. The van der Waals surface area contributed by atoms with Gasteiger partial charge < -0.3 is 10.2 Å². The summed E-state index contributed by atoms with van der Waals surface area (Å²) in [5, 5.41) is 2.98. The zero-order valence-corrected chi connectivity index (χ0v) is 19.1. The van der Waals surface area contributed by atoms with E-state index in [2.05, 4.69) is 31.3 Å². The van der Waals surface area contributed by atoms with Gasteiger partial charge in [0.2, 0.25) is 11.8 Å². The Morgan fingerprint density at radius 3 is 1.97 bits per heavy atom. The summed E-state index contributed by atoms with van der Waals surface area (Å²) < 4.78 is 0. The molecule has 0 saturated carbocycles. The molecule has 166 valence electrons. The second-order valence-corrected chi connectivity index (χ2v) is 8.60. The summed E-state index contributed by atoms with van der Waals surface area (Å²) in [4.78, 5) is 27.7. The van der Waals surface area contributed by atoms with Gasteiger partial charge in [-0.25, -0.2) is 0 Å². The molecule has 1 atom stereocenters. The van der Waals surface area contributed by atoms with E-state index < -0.39 is 6.04 Å². The quantitative estimate of drug-likeness (QED) is 0.482. The van der Waals surface area contributed by atoms with Crippen molar-refractivity contribution in [3.8, 4) is 11.1 Å². The molecule has 0 radical (unpaired) electrons. The maximum absolute atomic E-state index is 13.4. The molecular formula is C28H32N2O2. The summed E-state index contributed by atoms with van der Waals surface area (Å²) in [6, 6.07) is 27.1. The average Bonchev–Trinajstić information content (AvgIpc) is 2.82. The van der Waals surface area contributed by atoms with Crippen LogP contribution in [0.4, 0.5) is 0 Å². The third-order valence-corrected chi connectivity index (χ3v) is 5.49. The monoisotopic (exact) mass is 428 g/mol. The number of rotatable bonds is 9. The van der Waals surface area contributed by atoms with Crippen molar-refractivity contribution < 1.29 is 9.59 Å². The van der Waals surface area contributed by atoms with Crippen LogP contribution in [-0.4, -0.2) is 23.8 Å². The molecule has 2 amide bonds. The second-order valence-electron chi connectivity index (χ2n) is 8.60. The van der Waals surface area contributed by atoms with Gasteiger partial charge in [-0.3, -0.25) is 9.59 Å². The molecule has 0 fully saturated rings. The highest BCUT2D eigenvalue weighted by Crippen LogP contribution is 2.23. The van der Waals surface area contributed by atoms with E-state index >= 15 is 0 Å². The highest BCUT2D eigenvalue weighted by atomic mass is 16.2. The molecule has 4 nitrogen and oxygen atoms in total. The van der Waals surface area contributed by atoms with Gasteiger partial charge in [0.05, 0.1) is 0 Å². The standard InChI is InChI=1S/C28H32N2O2/c1-21(2)14-19-26(31)29-27(28(32)30(3)20-22-10-6-4-7-11-22)25-17-15-24(16-18-25)23-12-8-5-9-13-23/h4-13,15-18,21,27H,14,19-20H2,1-3H3,(H,29,31)/t27-/m1/s1. The lowest BCUT2D eigenvalue weighted by molar-refractivity contribution is -0.136. The van der Waals surface area contributed by atoms with Crippen molar-refractivity contribution in [3.05, 3.63) is 96.1 Å². The third kappa shape index (κ3) is 6.55. The number of nitrogens with zero attached hydrogens (tertiary/aromatic N) is 1. The lowest BCUT2D eigenvalue weighted by Gasteiger charge is -2.25. The molecule has 3 aromatic rings. The zero-order valence-electron chi connectivity index (χ0n) is 19.1. The minimum absolute atomic E-state index is 0.0997. The molecule has 3 aromatic carbocycles. The second kappa shape index (κ2) is 11.3. The Morgan fingerprint density at radius 2 is 1.38 bits per heavy atom. The number of carbonyl (C=O) groups excluding carboxylic acids is 2. The van der Waals surface area contributed by atoms with Crippen LogP contribution in [0.25, 0.3) is 11.1 Å². The number of benzene rings is 3. The van der Waals surface area contributed by atoms with Crippen molar-refractivity contribution in [2.24, 2.45) is 5.92 Å². The normalized spacial score (nSPS) is 11.8. The molecular weight excluding hydrogens is 396 g/mol. The fourth-order valence-electron chi connectivity index (χ4n) is 3.59. The van der Waals surface area contributed by atoms with Gasteiger partial charge in [0.15, 0.2) is 0 Å². The number of hydrogen-bond donors (Lipinski definition) is 1. The Hall–Kier alpha value is -3.40. The Balaban J connectivity index is 1.81. The van der Waals surface area contributed by atoms with E-state index in [4.69, 9.17) is 0 Å². The largest absolute Gasteiger partial charge is 0.341 e. The van der Waals surface area contributed by atoms with Crippen molar-refractivity contribution in [2.45, 2.75) is 39.3 Å². The number of nitrogens with one attached hydrogen (secondary N) is 1. The molecule has 0 aromatic heterocycles. The van der Waals surface area contributed by atoms with Gasteiger partial charge in [-0.05, 0) is 34.6 Å². The van der Waals surface area contributed by atoms with E-state index in [0.29, 0.717) is 18.9 Å². The summed E-state index contributed by atoms with van der Waals surface area (Å²) in [7, 11) is 1.78. The van der Waals surface area contributed by atoms with Crippen LogP contribution in [0.5, 0.6) is 0 Å². The molecule has 0 bridgehead atoms. The molecule has 0 unspecified atom stereocenters. The lowest BCUT2D eigenvalue weighted by Crippen LogP contribution is -2.41. The van der Waals surface area contributed by atoms with Gasteiger partial charge in [0.1, 0.15) is 6.04 Å². The third-order valence-electron chi connectivity index (χ3n) is 5.49. The van der Waals surface area contributed by atoms with Gasteiger partial charge >= 0.3 is 0 Å². The lowest BCUT2D eigenvalue weighted by atomic mass is 9.99.